The summed E-state index contributed by atoms with van der Waals surface area (Å²) in [5.41, 5.74) is 1.03. The highest BCUT2D eigenvalue weighted by Gasteiger charge is 2.33. The van der Waals surface area contributed by atoms with Gasteiger partial charge in [-0.05, 0) is 88.5 Å². The number of aromatic amines is 2. The van der Waals surface area contributed by atoms with Gasteiger partial charge < -0.3 is 30.1 Å². The van der Waals surface area contributed by atoms with Gasteiger partial charge in [-0.3, -0.25) is 0 Å². The molecule has 0 aliphatic carbocycles. The maximum absolute atomic E-state index is 12.5. The third-order valence-corrected chi connectivity index (χ3v) is 6.36. The molecule has 0 bridgehead atoms. The van der Waals surface area contributed by atoms with Crippen molar-refractivity contribution in [2.75, 3.05) is 0 Å². The van der Waals surface area contributed by atoms with E-state index >= 15 is 0 Å². The molecule has 3 aromatic rings. The summed E-state index contributed by atoms with van der Waals surface area (Å²) in [4.78, 5) is 40.4. The van der Waals surface area contributed by atoms with Crippen molar-refractivity contribution in [3.05, 3.63) is 70.8 Å². The molecule has 0 saturated carbocycles. The van der Waals surface area contributed by atoms with Crippen LogP contribution >= 0.6 is 0 Å². The molecule has 0 radical (unpaired) electrons. The predicted octanol–water partition coefficient (Wildman–Crippen LogP) is 7.16. The van der Waals surface area contributed by atoms with Crippen molar-refractivity contribution in [1.29, 1.82) is 0 Å². The molecule has 2 amide bonds. The Morgan fingerprint density at radius 2 is 0.935 bits per heavy atom. The molecule has 4 N–H and O–H groups in total. The van der Waals surface area contributed by atoms with E-state index in [4.69, 9.17) is 9.47 Å². The van der Waals surface area contributed by atoms with Crippen molar-refractivity contribution >= 4 is 12.2 Å². The molecule has 46 heavy (non-hydrogen) atoms. The lowest BCUT2D eigenvalue weighted by Gasteiger charge is -2.31. The molecule has 0 spiro atoms. The Morgan fingerprint density at radius 1 is 0.609 bits per heavy atom. The Bertz CT molecular complexity index is 1510. The number of nitrogens with one attached hydrogen (secondary N) is 4. The number of nitrogens with zero attached hydrogens (tertiary/aromatic N) is 2. The zero-order chi connectivity index (χ0) is 34.5. The summed E-state index contributed by atoms with van der Waals surface area (Å²) < 4.78 is 10.9. The number of carbonyl (C=O) groups is 2. The summed E-state index contributed by atoms with van der Waals surface area (Å²) in [7, 11) is 0. The average molecular weight is 629 g/mol. The maximum atomic E-state index is 12.5. The highest BCUT2D eigenvalue weighted by molar-refractivity contribution is 5.69. The van der Waals surface area contributed by atoms with Crippen LogP contribution in [0.15, 0.2) is 36.7 Å². The van der Waals surface area contributed by atoms with Gasteiger partial charge >= 0.3 is 12.2 Å². The van der Waals surface area contributed by atoms with Crippen molar-refractivity contribution in [2.45, 2.75) is 106 Å². The van der Waals surface area contributed by atoms with E-state index in [1.807, 2.05) is 107 Å². The summed E-state index contributed by atoms with van der Waals surface area (Å²) in [6.07, 6.45) is 2.31. The standard InChI is InChI=1S/C36H48N6O4/c1-33(2,3)27(41-31(43)45-35(7,8)9)29-37-21-25(39-29)19-17-23-13-15-24(16-14-23)18-20-26-22-38-30(40-26)28(34(4,5)6)42-32(44)46-36(10,11)12/h13-16,21-22,27-28H,1-12H3,(H,37,39)(H,38,40)(H,41,43)(H,42,44)/t27-,28-/m1/s1. The van der Waals surface area contributed by atoms with Gasteiger partial charge in [0.05, 0.1) is 24.5 Å². The SMILES string of the molecule is CC(C)(C)OC(=O)N[C@H](c1ncc(C#Cc2ccc(C#Cc3cnc([C@@H](NC(=O)OC(C)(C)C)C(C)(C)C)[nH]3)cc2)[nH]1)C(C)(C)C. The first-order chi connectivity index (χ1) is 21.1. The Hall–Kier alpha value is -4.70. The second kappa shape index (κ2) is 13.7. The first-order valence-corrected chi connectivity index (χ1v) is 15.3. The number of ether oxygens (including phenoxy) is 2. The van der Waals surface area contributed by atoms with E-state index in [0.717, 1.165) is 11.1 Å². The molecule has 10 heteroatoms. The lowest BCUT2D eigenvalue weighted by Crippen LogP contribution is -2.40. The van der Waals surface area contributed by atoms with Crippen LogP contribution in [-0.4, -0.2) is 43.3 Å². The monoisotopic (exact) mass is 628 g/mol. The molecule has 2 heterocycles. The summed E-state index contributed by atoms with van der Waals surface area (Å²) in [5.74, 6) is 13.7. The van der Waals surface area contributed by atoms with Crippen molar-refractivity contribution in [3.8, 4) is 23.7 Å². The number of rotatable bonds is 4. The van der Waals surface area contributed by atoms with Crippen LogP contribution in [0.25, 0.3) is 0 Å². The fourth-order valence-corrected chi connectivity index (χ4v) is 4.25. The van der Waals surface area contributed by atoms with E-state index in [2.05, 4.69) is 54.3 Å². The number of hydrogen-bond acceptors (Lipinski definition) is 6. The zero-order valence-electron chi connectivity index (χ0n) is 29.1. The Kier molecular flexibility index (Phi) is 10.7. The smallest absolute Gasteiger partial charge is 0.408 e. The highest BCUT2D eigenvalue weighted by Crippen LogP contribution is 2.32. The van der Waals surface area contributed by atoms with Gasteiger partial charge in [-0.25, -0.2) is 19.6 Å². The van der Waals surface area contributed by atoms with Crippen LogP contribution in [0.5, 0.6) is 0 Å². The zero-order valence-corrected chi connectivity index (χ0v) is 29.1. The van der Waals surface area contributed by atoms with Gasteiger partial charge in [0.2, 0.25) is 0 Å². The lowest BCUT2D eigenvalue weighted by molar-refractivity contribution is 0.0448. The summed E-state index contributed by atoms with van der Waals surface area (Å²) >= 11 is 0. The average Bonchev–Trinajstić information content (AvgIpc) is 3.55. The van der Waals surface area contributed by atoms with E-state index in [1.165, 1.54) is 0 Å². The quantitative estimate of drug-likeness (QED) is 0.227. The van der Waals surface area contributed by atoms with Crippen LogP contribution in [0, 0.1) is 34.5 Å². The van der Waals surface area contributed by atoms with Gasteiger partial charge in [-0.15, -0.1) is 0 Å². The lowest BCUT2D eigenvalue weighted by atomic mass is 9.86. The van der Waals surface area contributed by atoms with Crippen molar-refractivity contribution in [1.82, 2.24) is 30.6 Å². The summed E-state index contributed by atoms with van der Waals surface area (Å²) in [6, 6.07) is 6.79. The molecule has 10 nitrogen and oxygen atoms in total. The highest BCUT2D eigenvalue weighted by atomic mass is 16.6. The Labute approximate surface area is 273 Å². The molecule has 246 valence electrons. The molecule has 2 atom stereocenters. The fraction of sp³-hybridized carbons (Fsp3) is 0.500. The van der Waals surface area contributed by atoms with Crippen molar-refractivity contribution in [3.63, 3.8) is 0 Å². The van der Waals surface area contributed by atoms with Crippen LogP contribution in [0.2, 0.25) is 0 Å². The van der Waals surface area contributed by atoms with Crippen LogP contribution in [0.4, 0.5) is 9.59 Å². The third kappa shape index (κ3) is 11.3. The Morgan fingerprint density at radius 3 is 1.22 bits per heavy atom. The van der Waals surface area contributed by atoms with E-state index in [0.29, 0.717) is 23.0 Å². The van der Waals surface area contributed by atoms with E-state index < -0.39 is 35.5 Å². The normalized spacial score (nSPS) is 13.3. The molecule has 0 saturated heterocycles. The van der Waals surface area contributed by atoms with Crippen LogP contribution < -0.4 is 10.6 Å². The topological polar surface area (TPSA) is 134 Å². The van der Waals surface area contributed by atoms with E-state index in [1.54, 1.807) is 12.4 Å². The maximum Gasteiger partial charge on any atom is 0.408 e. The molecule has 2 aromatic heterocycles. The number of H-pyrrole nitrogens is 2. The van der Waals surface area contributed by atoms with Crippen LogP contribution in [0.1, 0.15) is 129 Å². The second-order valence-electron chi connectivity index (χ2n) is 15.3. The molecule has 1 aromatic carbocycles. The third-order valence-electron chi connectivity index (χ3n) is 6.36. The minimum absolute atomic E-state index is 0.320. The molecule has 0 aliphatic heterocycles. The number of amides is 2. The van der Waals surface area contributed by atoms with Gasteiger partial charge in [-0.1, -0.05) is 53.4 Å². The number of alkyl carbamates (subject to hydrolysis) is 2. The van der Waals surface area contributed by atoms with Gasteiger partial charge in [0, 0.05) is 11.1 Å². The Balaban J connectivity index is 1.69. The number of carbonyl (C=O) groups excluding carboxylic acids is 2. The molecule has 0 aliphatic rings. The molecular weight excluding hydrogens is 580 g/mol. The van der Waals surface area contributed by atoms with Gasteiger partial charge in [0.1, 0.15) is 34.2 Å². The summed E-state index contributed by atoms with van der Waals surface area (Å²) in [5, 5.41) is 5.86. The van der Waals surface area contributed by atoms with Gasteiger partial charge in [0.15, 0.2) is 0 Å². The number of hydrogen-bond donors (Lipinski definition) is 4. The summed E-state index contributed by atoms with van der Waals surface area (Å²) in [6.45, 7) is 23.1. The molecule has 3 rings (SSSR count). The molecule has 0 fully saturated rings. The molecular formula is C36H48N6O4. The number of benzene rings is 1. The molecule has 0 unspecified atom stereocenters. The largest absolute Gasteiger partial charge is 0.444 e. The predicted molar refractivity (Wildman–Crippen MR) is 179 cm³/mol. The first kappa shape index (κ1) is 35.8. The van der Waals surface area contributed by atoms with Crippen molar-refractivity contribution in [2.24, 2.45) is 10.8 Å². The number of imidazole rings is 2. The van der Waals surface area contributed by atoms with Gasteiger partial charge in [-0.2, -0.15) is 0 Å². The van der Waals surface area contributed by atoms with Crippen LogP contribution in [0.3, 0.4) is 0 Å². The van der Waals surface area contributed by atoms with E-state index in [-0.39, 0.29) is 10.8 Å². The minimum Gasteiger partial charge on any atom is -0.444 e. The fourth-order valence-electron chi connectivity index (χ4n) is 4.25. The van der Waals surface area contributed by atoms with Gasteiger partial charge in [0.25, 0.3) is 0 Å². The van der Waals surface area contributed by atoms with E-state index in [9.17, 15) is 9.59 Å². The first-order valence-electron chi connectivity index (χ1n) is 15.3. The van der Waals surface area contributed by atoms with Crippen LogP contribution in [-0.2, 0) is 9.47 Å². The minimum atomic E-state index is -0.603. The second-order valence-corrected chi connectivity index (χ2v) is 15.3. The van der Waals surface area contributed by atoms with Crippen molar-refractivity contribution < 1.29 is 19.1 Å². The number of aromatic nitrogens is 4.